The Balaban J connectivity index is 0. The maximum Gasteiger partial charge on any atom is 0 e. The summed E-state index contributed by atoms with van der Waals surface area (Å²) < 4.78 is 0. The van der Waals surface area contributed by atoms with Crippen molar-refractivity contribution in [2.75, 3.05) is 0 Å². The summed E-state index contributed by atoms with van der Waals surface area (Å²) in [5.41, 5.74) is 0. The van der Waals surface area contributed by atoms with Crippen molar-refractivity contribution in [3.8, 4) is 0 Å². The molecule has 0 aromatic heterocycles. The van der Waals surface area contributed by atoms with Gasteiger partial charge >= 0.3 is 54.6 Å². The Morgan fingerprint density at radius 2 is 0.500 bits per heavy atom. The third-order valence-corrected chi connectivity index (χ3v) is 0. The van der Waals surface area contributed by atoms with Crippen LogP contribution in [-0.2, 0) is 39.0 Å². The monoisotopic (exact) mass is 548 g/mol. The molecule has 0 amide bonds. The van der Waals surface area contributed by atoms with Crippen LogP contribution in [0.4, 0.5) is 0 Å². The second-order valence-electron chi connectivity index (χ2n) is 0. The summed E-state index contributed by atoms with van der Waals surface area (Å²) in [7, 11) is 0. The first-order valence-corrected chi connectivity index (χ1v) is 0. The SMILES string of the molecule is [PbH2].[PbH2].[Zn].[Zn]. The van der Waals surface area contributed by atoms with Gasteiger partial charge in [-0.25, -0.2) is 0 Å². The molecule has 16 valence electrons. The van der Waals surface area contributed by atoms with Crippen molar-refractivity contribution in [2.24, 2.45) is 0 Å². The fraction of sp³-hybridized carbons (Fsp3) is 0. The topological polar surface area (TPSA) is 0 Å². The molecule has 0 fully saturated rings. The minimum absolute atomic E-state index is 0. The Morgan fingerprint density at radius 3 is 0.500 bits per heavy atom. The van der Waals surface area contributed by atoms with Crippen molar-refractivity contribution in [2.45, 2.75) is 0 Å². The van der Waals surface area contributed by atoms with E-state index in [0.29, 0.717) is 0 Å². The number of hydrogen-bond donors (Lipinski definition) is 0. The van der Waals surface area contributed by atoms with Crippen LogP contribution >= 0.6 is 0 Å². The molecular formula is H4Pb2Zn2. The van der Waals surface area contributed by atoms with E-state index in [1.165, 1.54) is 0 Å². The van der Waals surface area contributed by atoms with Gasteiger partial charge in [0.05, 0.1) is 0 Å². The van der Waals surface area contributed by atoms with Gasteiger partial charge in [0.1, 0.15) is 0 Å². The molecule has 0 atom stereocenters. The second-order valence-corrected chi connectivity index (χ2v) is 0. The largest absolute Gasteiger partial charge is 0 e. The van der Waals surface area contributed by atoms with E-state index in [-0.39, 0.29) is 93.6 Å². The van der Waals surface area contributed by atoms with Crippen molar-refractivity contribution in [1.82, 2.24) is 0 Å². The molecule has 0 saturated carbocycles. The van der Waals surface area contributed by atoms with Crippen LogP contribution in [-0.4, -0.2) is 54.6 Å². The molecule has 0 saturated heterocycles. The summed E-state index contributed by atoms with van der Waals surface area (Å²) in [4.78, 5) is 0. The maximum atomic E-state index is 0. The maximum absolute atomic E-state index is 0. The van der Waals surface area contributed by atoms with Gasteiger partial charge in [-0.05, 0) is 0 Å². The number of hydrogen-bond acceptors (Lipinski definition) is 0. The van der Waals surface area contributed by atoms with Gasteiger partial charge in [-0.3, -0.25) is 0 Å². The molecule has 0 aromatic carbocycles. The van der Waals surface area contributed by atoms with E-state index in [1.807, 2.05) is 0 Å². The molecular weight excluding hydrogens is 545 g/mol. The average Bonchev–Trinajstić information content (AvgIpc) is 0. The van der Waals surface area contributed by atoms with Crippen molar-refractivity contribution in [1.29, 1.82) is 0 Å². The zero-order valence-electron chi connectivity index (χ0n) is 2.83. The van der Waals surface area contributed by atoms with E-state index in [2.05, 4.69) is 0 Å². The first kappa shape index (κ1) is 27.5. The summed E-state index contributed by atoms with van der Waals surface area (Å²) in [5.74, 6) is 0. The normalized spacial score (nSPS) is 0. The van der Waals surface area contributed by atoms with Crippen LogP contribution < -0.4 is 0 Å². The summed E-state index contributed by atoms with van der Waals surface area (Å²) in [6.45, 7) is 0. The molecule has 0 rings (SSSR count). The van der Waals surface area contributed by atoms with E-state index in [9.17, 15) is 0 Å². The first-order valence-electron chi connectivity index (χ1n) is 0. The Morgan fingerprint density at radius 1 is 0.500 bits per heavy atom. The second kappa shape index (κ2) is 16.5. The Bertz CT molecular complexity index is 4.00. The van der Waals surface area contributed by atoms with Crippen LogP contribution in [0.2, 0.25) is 0 Å². The predicted octanol–water partition coefficient (Wildman–Crippen LogP) is -1.84. The van der Waals surface area contributed by atoms with E-state index in [4.69, 9.17) is 0 Å². The molecule has 0 unspecified atom stereocenters. The van der Waals surface area contributed by atoms with Crippen molar-refractivity contribution in [3.05, 3.63) is 0 Å². The van der Waals surface area contributed by atoms with Gasteiger partial charge in [0, 0.05) is 39.0 Å². The fourth-order valence-corrected chi connectivity index (χ4v) is 0. The molecule has 0 nitrogen and oxygen atoms in total. The van der Waals surface area contributed by atoms with Gasteiger partial charge in [0.25, 0.3) is 0 Å². The van der Waals surface area contributed by atoms with Gasteiger partial charge in [0.15, 0.2) is 0 Å². The van der Waals surface area contributed by atoms with E-state index in [0.717, 1.165) is 0 Å². The standard InChI is InChI=1S/2Pb.2Zn.4H. The molecule has 0 aromatic rings. The predicted molar refractivity (Wildman–Crippen MR) is 17.1 cm³/mol. The Kier molecular flexibility index (Phi) is 114. The fourth-order valence-electron chi connectivity index (χ4n) is 0. The van der Waals surface area contributed by atoms with Crippen molar-refractivity contribution < 1.29 is 39.0 Å². The molecule has 0 heterocycles. The average molecular weight is 549 g/mol. The molecule has 0 spiro atoms. The van der Waals surface area contributed by atoms with Crippen molar-refractivity contribution >= 4 is 54.6 Å². The summed E-state index contributed by atoms with van der Waals surface area (Å²) in [5, 5.41) is 0. The molecule has 4 heteroatoms. The van der Waals surface area contributed by atoms with Crippen LogP contribution in [0.3, 0.4) is 0 Å². The van der Waals surface area contributed by atoms with Crippen LogP contribution in [0.1, 0.15) is 0 Å². The van der Waals surface area contributed by atoms with Gasteiger partial charge in [-0.15, -0.1) is 0 Å². The van der Waals surface area contributed by atoms with E-state index >= 15 is 0 Å². The van der Waals surface area contributed by atoms with Gasteiger partial charge < -0.3 is 0 Å². The molecule has 0 aliphatic rings. The third-order valence-electron chi connectivity index (χ3n) is 0. The minimum atomic E-state index is 0. The summed E-state index contributed by atoms with van der Waals surface area (Å²) in [6, 6.07) is 0. The quantitative estimate of drug-likeness (QED) is 0.312. The molecule has 0 bridgehead atoms. The molecule has 0 aliphatic heterocycles. The minimum Gasteiger partial charge on any atom is 0 e. The zero-order valence-corrected chi connectivity index (χ0v) is 19.8. The van der Waals surface area contributed by atoms with Gasteiger partial charge in [-0.1, -0.05) is 0 Å². The summed E-state index contributed by atoms with van der Waals surface area (Å²) >= 11 is 0. The van der Waals surface area contributed by atoms with E-state index < -0.39 is 0 Å². The van der Waals surface area contributed by atoms with Crippen LogP contribution in [0.15, 0.2) is 0 Å². The van der Waals surface area contributed by atoms with Gasteiger partial charge in [0.2, 0.25) is 0 Å². The van der Waals surface area contributed by atoms with Crippen LogP contribution in [0, 0.1) is 0 Å². The molecule has 4 heavy (non-hydrogen) atoms. The summed E-state index contributed by atoms with van der Waals surface area (Å²) in [6.07, 6.45) is 0. The smallest absolute Gasteiger partial charge is 0 e. The zero-order chi connectivity index (χ0) is 0. The first-order chi connectivity index (χ1) is 0. The molecule has 4 radical (unpaired) electrons. The van der Waals surface area contributed by atoms with E-state index in [1.54, 1.807) is 0 Å². The Labute approximate surface area is 91.7 Å². The Hall–Kier alpha value is 3.09. The van der Waals surface area contributed by atoms with Crippen LogP contribution in [0.25, 0.3) is 0 Å². The van der Waals surface area contributed by atoms with Crippen LogP contribution in [0.5, 0.6) is 0 Å². The molecule has 0 N–H and O–H groups in total. The molecule has 0 aliphatic carbocycles. The third kappa shape index (κ3) is 8.92. The van der Waals surface area contributed by atoms with Crippen molar-refractivity contribution in [3.63, 3.8) is 0 Å². The van der Waals surface area contributed by atoms with Gasteiger partial charge in [-0.2, -0.15) is 0 Å². The number of rotatable bonds is 0.